The van der Waals surface area contributed by atoms with Crippen LogP contribution in [0.2, 0.25) is 0 Å². The summed E-state index contributed by atoms with van der Waals surface area (Å²) in [6.07, 6.45) is -6.24. The van der Waals surface area contributed by atoms with Crippen LogP contribution in [0.5, 0.6) is 0 Å². The Balaban J connectivity index is 1.95. The molecule has 6 nitrogen and oxygen atoms in total. The monoisotopic (exact) mass is 282 g/mol. The zero-order chi connectivity index (χ0) is 14.7. The van der Waals surface area contributed by atoms with Gasteiger partial charge in [0.05, 0.1) is 6.10 Å². The second-order valence-electron chi connectivity index (χ2n) is 4.83. The van der Waals surface area contributed by atoms with E-state index in [0.29, 0.717) is 0 Å². The number of aliphatic hydroxyl groups excluding tert-OH is 3. The molecule has 1 saturated heterocycles. The van der Waals surface area contributed by atoms with Gasteiger partial charge in [-0.1, -0.05) is 30.3 Å². The lowest BCUT2D eigenvalue weighted by molar-refractivity contribution is -0.227. The van der Waals surface area contributed by atoms with Gasteiger partial charge in [-0.25, -0.2) is 4.79 Å². The first-order valence-corrected chi connectivity index (χ1v) is 6.41. The molecule has 1 fully saturated rings. The van der Waals surface area contributed by atoms with E-state index in [2.05, 4.69) is 0 Å². The fraction of sp³-hybridized carbons (Fsp3) is 0.500. The van der Waals surface area contributed by atoms with Crippen molar-refractivity contribution in [2.24, 2.45) is 0 Å². The molecule has 0 aliphatic carbocycles. The van der Waals surface area contributed by atoms with E-state index >= 15 is 0 Å². The quantitative estimate of drug-likeness (QED) is 0.653. The number of aliphatic hydroxyl groups is 3. The van der Waals surface area contributed by atoms with Crippen LogP contribution < -0.4 is 0 Å². The lowest BCUT2D eigenvalue weighted by Gasteiger charge is -2.37. The Bertz CT molecular complexity index is 448. The van der Waals surface area contributed by atoms with E-state index in [1.54, 1.807) is 12.1 Å². The molecule has 5 unspecified atom stereocenters. The summed E-state index contributed by atoms with van der Waals surface area (Å²) in [6, 6.07) is 9.08. The minimum absolute atomic E-state index is 0.0548. The molecule has 0 saturated carbocycles. The first kappa shape index (κ1) is 14.9. The number of esters is 1. The van der Waals surface area contributed by atoms with Crippen LogP contribution in [-0.4, -0.2) is 51.8 Å². The van der Waals surface area contributed by atoms with Gasteiger partial charge in [0.1, 0.15) is 24.9 Å². The predicted molar refractivity (Wildman–Crippen MR) is 68.6 cm³/mol. The fourth-order valence-electron chi connectivity index (χ4n) is 2.06. The first-order chi connectivity index (χ1) is 9.50. The summed E-state index contributed by atoms with van der Waals surface area (Å²) in [4.78, 5) is 11.9. The van der Waals surface area contributed by atoms with Crippen LogP contribution in [0.15, 0.2) is 30.3 Å². The number of hydrogen-bond acceptors (Lipinski definition) is 6. The predicted octanol–water partition coefficient (Wildman–Crippen LogP) is -0.400. The van der Waals surface area contributed by atoms with Crippen LogP contribution in [0, 0.1) is 0 Å². The Hall–Kier alpha value is -1.47. The van der Waals surface area contributed by atoms with Crippen LogP contribution >= 0.6 is 0 Å². The molecular formula is C14H18O6. The number of hydrogen-bond donors (Lipinski definition) is 3. The molecule has 20 heavy (non-hydrogen) atoms. The molecule has 0 radical (unpaired) electrons. The minimum atomic E-state index is -1.51. The van der Waals surface area contributed by atoms with Crippen LogP contribution in [0.1, 0.15) is 12.5 Å². The van der Waals surface area contributed by atoms with Crippen molar-refractivity contribution < 1.29 is 29.6 Å². The topological polar surface area (TPSA) is 96.2 Å². The standard InChI is InChI=1S/C14H18O6/c1-8-10(15)11(16)12(17)13(20-8)14(18)19-7-9-5-3-2-4-6-9/h2-6,8,10-13,15-17H,7H2,1H3. The molecule has 1 aromatic rings. The van der Waals surface area contributed by atoms with Gasteiger partial charge in [0.15, 0.2) is 6.10 Å². The second-order valence-corrected chi connectivity index (χ2v) is 4.83. The highest BCUT2D eigenvalue weighted by molar-refractivity contribution is 5.75. The SMILES string of the molecule is CC1OC(C(=O)OCc2ccccc2)C(O)C(O)C1O. The second kappa shape index (κ2) is 6.32. The minimum Gasteiger partial charge on any atom is -0.459 e. The van der Waals surface area contributed by atoms with E-state index < -0.39 is 36.5 Å². The van der Waals surface area contributed by atoms with E-state index in [4.69, 9.17) is 9.47 Å². The summed E-state index contributed by atoms with van der Waals surface area (Å²) in [6.45, 7) is 1.57. The molecule has 0 aromatic heterocycles. The molecular weight excluding hydrogens is 264 g/mol. The highest BCUT2D eigenvalue weighted by atomic mass is 16.6. The Morgan fingerprint density at radius 1 is 1.15 bits per heavy atom. The molecule has 110 valence electrons. The molecule has 1 aromatic carbocycles. The maximum Gasteiger partial charge on any atom is 0.338 e. The first-order valence-electron chi connectivity index (χ1n) is 6.41. The van der Waals surface area contributed by atoms with Gasteiger partial charge < -0.3 is 24.8 Å². The van der Waals surface area contributed by atoms with Crippen molar-refractivity contribution in [1.82, 2.24) is 0 Å². The van der Waals surface area contributed by atoms with Gasteiger partial charge in [-0.05, 0) is 12.5 Å². The lowest BCUT2D eigenvalue weighted by atomic mass is 9.96. The van der Waals surface area contributed by atoms with E-state index in [1.165, 1.54) is 6.92 Å². The lowest BCUT2D eigenvalue weighted by Crippen LogP contribution is -2.59. The van der Waals surface area contributed by atoms with Crippen LogP contribution in [-0.2, 0) is 20.9 Å². The van der Waals surface area contributed by atoms with Gasteiger partial charge in [-0.2, -0.15) is 0 Å². The average Bonchev–Trinajstić information content (AvgIpc) is 2.47. The molecule has 2 rings (SSSR count). The van der Waals surface area contributed by atoms with Gasteiger partial charge in [0.25, 0.3) is 0 Å². The highest BCUT2D eigenvalue weighted by Gasteiger charge is 2.45. The van der Waals surface area contributed by atoms with Gasteiger partial charge in [-0.15, -0.1) is 0 Å². The third-order valence-electron chi connectivity index (χ3n) is 3.31. The zero-order valence-electron chi connectivity index (χ0n) is 11.0. The summed E-state index contributed by atoms with van der Waals surface area (Å²) in [5.41, 5.74) is 0.805. The molecule has 1 aliphatic rings. The number of carbonyl (C=O) groups excluding carboxylic acids is 1. The van der Waals surface area contributed by atoms with Gasteiger partial charge >= 0.3 is 5.97 Å². The number of ether oxygens (including phenoxy) is 2. The molecule has 6 heteroatoms. The summed E-state index contributed by atoms with van der Waals surface area (Å²) in [5.74, 6) is -0.765. The summed E-state index contributed by atoms with van der Waals surface area (Å²) >= 11 is 0. The molecule has 0 bridgehead atoms. The van der Waals surface area contributed by atoms with E-state index in [9.17, 15) is 20.1 Å². The number of rotatable bonds is 3. The van der Waals surface area contributed by atoms with Crippen LogP contribution in [0.25, 0.3) is 0 Å². The zero-order valence-corrected chi connectivity index (χ0v) is 11.0. The Labute approximate surface area is 116 Å². The normalized spacial score (nSPS) is 33.7. The van der Waals surface area contributed by atoms with Crippen molar-refractivity contribution in [2.45, 2.75) is 44.1 Å². The summed E-state index contributed by atoms with van der Waals surface area (Å²) in [5, 5.41) is 28.9. The summed E-state index contributed by atoms with van der Waals surface area (Å²) in [7, 11) is 0. The Morgan fingerprint density at radius 2 is 1.80 bits per heavy atom. The van der Waals surface area contributed by atoms with E-state index in [1.807, 2.05) is 18.2 Å². The van der Waals surface area contributed by atoms with E-state index in [0.717, 1.165) is 5.56 Å². The van der Waals surface area contributed by atoms with Crippen molar-refractivity contribution in [3.05, 3.63) is 35.9 Å². The van der Waals surface area contributed by atoms with Crippen molar-refractivity contribution in [3.63, 3.8) is 0 Å². The smallest absolute Gasteiger partial charge is 0.338 e. The van der Waals surface area contributed by atoms with Gasteiger partial charge in [0, 0.05) is 0 Å². The van der Waals surface area contributed by atoms with Crippen molar-refractivity contribution in [1.29, 1.82) is 0 Å². The van der Waals surface area contributed by atoms with Crippen LogP contribution in [0.3, 0.4) is 0 Å². The molecule has 1 aliphatic heterocycles. The van der Waals surface area contributed by atoms with Crippen LogP contribution in [0.4, 0.5) is 0 Å². The molecule has 3 N–H and O–H groups in total. The molecule has 5 atom stereocenters. The Kier molecular flexibility index (Phi) is 4.72. The highest BCUT2D eigenvalue weighted by Crippen LogP contribution is 2.22. The summed E-state index contributed by atoms with van der Waals surface area (Å²) < 4.78 is 10.3. The number of benzene rings is 1. The van der Waals surface area contributed by atoms with Crippen molar-refractivity contribution in [3.8, 4) is 0 Å². The molecule has 0 amide bonds. The molecule has 0 spiro atoms. The maximum absolute atomic E-state index is 11.9. The van der Waals surface area contributed by atoms with Gasteiger partial charge in [-0.3, -0.25) is 0 Å². The average molecular weight is 282 g/mol. The van der Waals surface area contributed by atoms with Crippen molar-refractivity contribution in [2.75, 3.05) is 0 Å². The van der Waals surface area contributed by atoms with Gasteiger partial charge in [0.2, 0.25) is 0 Å². The maximum atomic E-state index is 11.9. The van der Waals surface area contributed by atoms with Crippen molar-refractivity contribution >= 4 is 5.97 Å². The Morgan fingerprint density at radius 3 is 2.45 bits per heavy atom. The molecule has 1 heterocycles. The third-order valence-corrected chi connectivity index (χ3v) is 3.31. The third kappa shape index (κ3) is 3.16. The van der Waals surface area contributed by atoms with E-state index in [-0.39, 0.29) is 6.61 Å². The number of carbonyl (C=O) groups is 1. The fourth-order valence-corrected chi connectivity index (χ4v) is 2.06. The largest absolute Gasteiger partial charge is 0.459 e.